The number of carbonyl (C=O) groups is 2. The summed E-state index contributed by atoms with van der Waals surface area (Å²) in [5.74, 6) is 0.425. The summed E-state index contributed by atoms with van der Waals surface area (Å²) in [7, 11) is 0. The molecule has 0 saturated carbocycles. The van der Waals surface area contributed by atoms with Crippen molar-refractivity contribution < 1.29 is 19.1 Å². The van der Waals surface area contributed by atoms with E-state index < -0.39 is 11.7 Å². The van der Waals surface area contributed by atoms with Crippen LogP contribution in [-0.4, -0.2) is 22.4 Å². The second-order valence-electron chi connectivity index (χ2n) is 7.44. The first-order valence-corrected chi connectivity index (χ1v) is 9.06. The second-order valence-corrected chi connectivity index (χ2v) is 7.44. The van der Waals surface area contributed by atoms with Gasteiger partial charge in [0.05, 0.1) is 12.4 Å². The first-order valence-electron chi connectivity index (χ1n) is 9.06. The molecule has 1 aliphatic carbocycles. The van der Waals surface area contributed by atoms with Gasteiger partial charge in [0.15, 0.2) is 5.78 Å². The topological polar surface area (TPSA) is 55.8 Å². The summed E-state index contributed by atoms with van der Waals surface area (Å²) < 4.78 is 11.0. The Bertz CT molecular complexity index is 912. The fraction of sp³-hybridized carbons (Fsp3) is 0.217. The van der Waals surface area contributed by atoms with Crippen LogP contribution in [0.2, 0.25) is 0 Å². The van der Waals surface area contributed by atoms with Crippen LogP contribution in [0.4, 0.5) is 4.79 Å². The van der Waals surface area contributed by atoms with Gasteiger partial charge in [0.1, 0.15) is 17.6 Å². The Morgan fingerprint density at radius 3 is 2.61 bits per heavy atom. The Morgan fingerprint density at radius 2 is 1.89 bits per heavy atom. The van der Waals surface area contributed by atoms with E-state index in [1.807, 2.05) is 42.5 Å². The van der Waals surface area contributed by atoms with Gasteiger partial charge in [0, 0.05) is 12.0 Å². The summed E-state index contributed by atoms with van der Waals surface area (Å²) in [5, 5.41) is 0. The zero-order valence-corrected chi connectivity index (χ0v) is 16.2. The second kappa shape index (κ2) is 8.13. The molecule has 3 rings (SSSR count). The van der Waals surface area contributed by atoms with Gasteiger partial charge in [-0.3, -0.25) is 9.69 Å². The first-order chi connectivity index (χ1) is 13.3. The summed E-state index contributed by atoms with van der Waals surface area (Å²) in [6, 6.07) is 9.88. The Hall–Kier alpha value is -3.34. The molecule has 5 heteroatoms. The number of ether oxygens (including phenoxy) is 2. The number of nitrogens with zero attached hydrogens (tertiary/aromatic N) is 1. The van der Waals surface area contributed by atoms with Crippen molar-refractivity contribution in [1.82, 2.24) is 4.90 Å². The summed E-state index contributed by atoms with van der Waals surface area (Å²) in [4.78, 5) is 25.6. The molecule has 1 heterocycles. The van der Waals surface area contributed by atoms with Crippen LogP contribution in [0.15, 0.2) is 84.1 Å². The van der Waals surface area contributed by atoms with Crippen molar-refractivity contribution in [3.63, 3.8) is 0 Å². The van der Waals surface area contributed by atoms with Gasteiger partial charge >= 0.3 is 6.09 Å². The number of amides is 1. The minimum absolute atomic E-state index is 0.0188. The number of carbonyl (C=O) groups excluding carboxylic acids is 2. The molecule has 1 aromatic carbocycles. The first kappa shape index (κ1) is 19.4. The van der Waals surface area contributed by atoms with Crippen molar-refractivity contribution in [2.75, 3.05) is 0 Å². The summed E-state index contributed by atoms with van der Waals surface area (Å²) in [5.41, 5.74) is 2.02. The number of benzene rings is 1. The molecule has 0 N–H and O–H groups in total. The van der Waals surface area contributed by atoms with E-state index in [0.29, 0.717) is 5.76 Å². The Labute approximate surface area is 164 Å². The van der Waals surface area contributed by atoms with Crippen molar-refractivity contribution >= 4 is 18.0 Å². The van der Waals surface area contributed by atoms with E-state index in [9.17, 15) is 9.59 Å². The summed E-state index contributed by atoms with van der Waals surface area (Å²) in [6.45, 7) is 5.41. The predicted molar refractivity (Wildman–Crippen MR) is 108 cm³/mol. The third kappa shape index (κ3) is 5.10. The molecule has 0 unspecified atom stereocenters. The van der Waals surface area contributed by atoms with E-state index in [2.05, 4.69) is 0 Å². The molecule has 0 bridgehead atoms. The average molecular weight is 377 g/mol. The highest BCUT2D eigenvalue weighted by molar-refractivity contribution is 5.95. The maximum atomic E-state index is 12.3. The molecule has 0 spiro atoms. The van der Waals surface area contributed by atoms with Gasteiger partial charge in [0.25, 0.3) is 0 Å². The zero-order valence-electron chi connectivity index (χ0n) is 16.2. The van der Waals surface area contributed by atoms with Gasteiger partial charge in [-0.1, -0.05) is 48.6 Å². The van der Waals surface area contributed by atoms with Crippen LogP contribution in [0.5, 0.6) is 0 Å². The number of ketones is 1. The van der Waals surface area contributed by atoms with Gasteiger partial charge in [-0.05, 0) is 38.0 Å². The lowest BCUT2D eigenvalue weighted by Crippen LogP contribution is -2.32. The minimum Gasteiger partial charge on any atom is -0.462 e. The smallest absolute Gasteiger partial charge is 0.418 e. The fourth-order valence-corrected chi connectivity index (χ4v) is 2.70. The van der Waals surface area contributed by atoms with Crippen LogP contribution in [0.25, 0.3) is 6.08 Å². The predicted octanol–water partition coefficient (Wildman–Crippen LogP) is 5.11. The standard InChI is InChI=1S/C23H23NO4/c1-23(2,3)28-22(26)24-13-14-27-21(16-24)20-15-19(25)12-11-18(20)10-9-17-7-5-4-6-8-17/h4-14,16H,15H2,1-3H3. The Kier molecular flexibility index (Phi) is 5.64. The maximum absolute atomic E-state index is 12.3. The quantitative estimate of drug-likeness (QED) is 0.735. The highest BCUT2D eigenvalue weighted by atomic mass is 16.6. The van der Waals surface area contributed by atoms with Gasteiger partial charge in [0.2, 0.25) is 0 Å². The molecule has 0 radical (unpaired) electrons. The van der Waals surface area contributed by atoms with E-state index >= 15 is 0 Å². The van der Waals surface area contributed by atoms with E-state index in [1.54, 1.807) is 39.1 Å². The minimum atomic E-state index is -0.608. The third-order valence-electron chi connectivity index (χ3n) is 3.98. The number of rotatable bonds is 3. The van der Waals surface area contributed by atoms with Crippen LogP contribution < -0.4 is 0 Å². The molecular weight excluding hydrogens is 354 g/mol. The number of allylic oxidation sites excluding steroid dienone is 5. The summed E-state index contributed by atoms with van der Waals surface area (Å²) >= 11 is 0. The number of hydrogen-bond donors (Lipinski definition) is 0. The molecule has 1 aliphatic heterocycles. The van der Waals surface area contributed by atoms with Crippen LogP contribution >= 0.6 is 0 Å². The average Bonchev–Trinajstić information content (AvgIpc) is 2.66. The van der Waals surface area contributed by atoms with E-state index in [4.69, 9.17) is 9.47 Å². The van der Waals surface area contributed by atoms with Gasteiger partial charge in [-0.15, -0.1) is 0 Å². The van der Waals surface area contributed by atoms with Crippen molar-refractivity contribution in [2.45, 2.75) is 32.8 Å². The number of hydrogen-bond acceptors (Lipinski definition) is 4. The largest absolute Gasteiger partial charge is 0.462 e. The van der Waals surface area contributed by atoms with Crippen LogP contribution in [0, 0.1) is 0 Å². The van der Waals surface area contributed by atoms with E-state index in [-0.39, 0.29) is 12.2 Å². The molecule has 1 amide bonds. The molecule has 28 heavy (non-hydrogen) atoms. The Morgan fingerprint density at radius 1 is 1.14 bits per heavy atom. The molecule has 2 aliphatic rings. The third-order valence-corrected chi connectivity index (χ3v) is 3.98. The van der Waals surface area contributed by atoms with Crippen molar-refractivity contribution in [1.29, 1.82) is 0 Å². The lowest BCUT2D eigenvalue weighted by Gasteiger charge is -2.26. The molecule has 1 aromatic rings. The maximum Gasteiger partial charge on any atom is 0.418 e. The Balaban J connectivity index is 1.89. The highest BCUT2D eigenvalue weighted by Gasteiger charge is 2.25. The van der Waals surface area contributed by atoms with Crippen LogP contribution in [0.1, 0.15) is 32.8 Å². The van der Waals surface area contributed by atoms with Crippen LogP contribution in [-0.2, 0) is 14.3 Å². The van der Waals surface area contributed by atoms with Crippen molar-refractivity contribution in [3.05, 3.63) is 89.7 Å². The lowest BCUT2D eigenvalue weighted by molar-refractivity contribution is -0.114. The van der Waals surface area contributed by atoms with Crippen molar-refractivity contribution in [2.24, 2.45) is 0 Å². The monoisotopic (exact) mass is 377 g/mol. The van der Waals surface area contributed by atoms with Gasteiger partial charge in [-0.25, -0.2) is 4.79 Å². The van der Waals surface area contributed by atoms with E-state index in [1.165, 1.54) is 17.4 Å². The van der Waals surface area contributed by atoms with Gasteiger partial charge in [-0.2, -0.15) is 0 Å². The highest BCUT2D eigenvalue weighted by Crippen LogP contribution is 2.29. The molecular formula is C23H23NO4. The molecule has 0 fully saturated rings. The van der Waals surface area contributed by atoms with Gasteiger partial charge < -0.3 is 9.47 Å². The zero-order chi connectivity index (χ0) is 20.1. The lowest BCUT2D eigenvalue weighted by atomic mass is 9.94. The molecule has 0 atom stereocenters. The molecule has 144 valence electrons. The van der Waals surface area contributed by atoms with Crippen molar-refractivity contribution in [3.8, 4) is 0 Å². The summed E-state index contributed by atoms with van der Waals surface area (Å²) in [6.07, 6.45) is 11.4. The fourth-order valence-electron chi connectivity index (χ4n) is 2.70. The molecule has 0 saturated heterocycles. The van der Waals surface area contributed by atoms with E-state index in [0.717, 1.165) is 16.7 Å². The molecule has 0 aromatic heterocycles. The molecule has 5 nitrogen and oxygen atoms in total. The normalized spacial score (nSPS) is 17.0. The SMILES string of the molecule is CC(C)(C)OC(=O)N1C=COC(C2=C(C=Cc3ccccc3)C=CC(=O)C2)=C1. The van der Waals surface area contributed by atoms with Crippen LogP contribution in [0.3, 0.4) is 0 Å².